The third kappa shape index (κ3) is 3.74. The highest BCUT2D eigenvalue weighted by Crippen LogP contribution is 2.24. The average molecular weight is 340 g/mol. The van der Waals surface area contributed by atoms with Crippen molar-refractivity contribution in [3.05, 3.63) is 11.8 Å². The Morgan fingerprint density at radius 3 is 2.70 bits per heavy atom. The van der Waals surface area contributed by atoms with Gasteiger partial charge in [0.2, 0.25) is 5.95 Å². The van der Waals surface area contributed by atoms with E-state index in [1.54, 1.807) is 0 Å². The SMILES string of the molecule is CCN(c1nc(C)cc(N2CCOCC2)n1)C1CCS(=O)(=O)C1. The Labute approximate surface area is 137 Å². The molecule has 2 aliphatic heterocycles. The molecule has 8 heteroatoms. The molecule has 0 bridgehead atoms. The maximum atomic E-state index is 11.8. The smallest absolute Gasteiger partial charge is 0.227 e. The van der Waals surface area contributed by atoms with Gasteiger partial charge in [-0.2, -0.15) is 4.98 Å². The summed E-state index contributed by atoms with van der Waals surface area (Å²) in [6.45, 7) is 7.72. The van der Waals surface area contributed by atoms with Crippen molar-refractivity contribution in [2.45, 2.75) is 26.3 Å². The van der Waals surface area contributed by atoms with E-state index in [0.717, 1.165) is 24.6 Å². The van der Waals surface area contributed by atoms with Gasteiger partial charge < -0.3 is 14.5 Å². The number of hydrogen-bond donors (Lipinski definition) is 0. The van der Waals surface area contributed by atoms with Crippen molar-refractivity contribution >= 4 is 21.6 Å². The summed E-state index contributed by atoms with van der Waals surface area (Å²) < 4.78 is 29.0. The van der Waals surface area contributed by atoms with E-state index in [2.05, 4.69) is 9.88 Å². The molecule has 0 amide bonds. The van der Waals surface area contributed by atoms with Crippen molar-refractivity contribution in [3.63, 3.8) is 0 Å². The zero-order valence-electron chi connectivity index (χ0n) is 13.7. The van der Waals surface area contributed by atoms with Crippen LogP contribution in [0, 0.1) is 6.92 Å². The first-order valence-electron chi connectivity index (χ1n) is 8.14. The molecule has 7 nitrogen and oxygen atoms in total. The predicted molar refractivity (Wildman–Crippen MR) is 89.9 cm³/mol. The number of aromatic nitrogens is 2. The molecule has 0 N–H and O–H groups in total. The van der Waals surface area contributed by atoms with Gasteiger partial charge in [-0.1, -0.05) is 0 Å². The van der Waals surface area contributed by atoms with Gasteiger partial charge in [0.15, 0.2) is 9.84 Å². The van der Waals surface area contributed by atoms with Gasteiger partial charge in [0.1, 0.15) is 5.82 Å². The fourth-order valence-electron chi connectivity index (χ4n) is 3.20. The van der Waals surface area contributed by atoms with Crippen LogP contribution in [0.2, 0.25) is 0 Å². The molecule has 0 aliphatic carbocycles. The molecule has 1 atom stereocenters. The zero-order chi connectivity index (χ0) is 16.4. The highest BCUT2D eigenvalue weighted by atomic mass is 32.2. The molecule has 0 radical (unpaired) electrons. The van der Waals surface area contributed by atoms with Gasteiger partial charge in [-0.15, -0.1) is 0 Å². The Morgan fingerprint density at radius 2 is 2.09 bits per heavy atom. The van der Waals surface area contributed by atoms with E-state index >= 15 is 0 Å². The lowest BCUT2D eigenvalue weighted by molar-refractivity contribution is 0.122. The maximum Gasteiger partial charge on any atom is 0.227 e. The van der Waals surface area contributed by atoms with Crippen LogP contribution in [0.4, 0.5) is 11.8 Å². The summed E-state index contributed by atoms with van der Waals surface area (Å²) in [6.07, 6.45) is 0.653. The normalized spacial score (nSPS) is 23.9. The van der Waals surface area contributed by atoms with Gasteiger partial charge in [-0.3, -0.25) is 0 Å². The second kappa shape index (κ2) is 6.60. The summed E-state index contributed by atoms with van der Waals surface area (Å²) in [5.74, 6) is 1.99. The average Bonchev–Trinajstić information content (AvgIpc) is 2.88. The fraction of sp³-hybridized carbons (Fsp3) is 0.733. The molecule has 23 heavy (non-hydrogen) atoms. The van der Waals surface area contributed by atoms with Crippen molar-refractivity contribution in [2.24, 2.45) is 0 Å². The number of sulfone groups is 1. The van der Waals surface area contributed by atoms with Crippen LogP contribution >= 0.6 is 0 Å². The number of anilines is 2. The Kier molecular flexibility index (Phi) is 4.72. The van der Waals surface area contributed by atoms with Gasteiger partial charge in [0, 0.05) is 37.4 Å². The molecule has 0 aromatic carbocycles. The number of aryl methyl sites for hydroxylation is 1. The minimum Gasteiger partial charge on any atom is -0.378 e. The molecule has 2 saturated heterocycles. The van der Waals surface area contributed by atoms with Crippen molar-refractivity contribution in [3.8, 4) is 0 Å². The fourth-order valence-corrected chi connectivity index (χ4v) is 4.93. The summed E-state index contributed by atoms with van der Waals surface area (Å²) in [5.41, 5.74) is 0.899. The van der Waals surface area contributed by atoms with Crippen LogP contribution in [0.25, 0.3) is 0 Å². The van der Waals surface area contributed by atoms with E-state index in [1.165, 1.54) is 0 Å². The third-order valence-electron chi connectivity index (χ3n) is 4.41. The molecule has 1 aromatic heterocycles. The van der Waals surface area contributed by atoms with Gasteiger partial charge in [-0.05, 0) is 20.3 Å². The molecule has 0 spiro atoms. The molecule has 2 aliphatic rings. The van der Waals surface area contributed by atoms with Crippen LogP contribution in [0.3, 0.4) is 0 Å². The summed E-state index contributed by atoms with van der Waals surface area (Å²) in [4.78, 5) is 13.5. The molecule has 1 aromatic rings. The lowest BCUT2D eigenvalue weighted by Gasteiger charge is -2.31. The number of hydrogen-bond acceptors (Lipinski definition) is 7. The monoisotopic (exact) mass is 340 g/mol. The number of morpholine rings is 1. The van der Waals surface area contributed by atoms with Crippen molar-refractivity contribution in [1.82, 2.24) is 9.97 Å². The summed E-state index contributed by atoms with van der Waals surface area (Å²) in [5, 5.41) is 0. The number of nitrogens with zero attached hydrogens (tertiary/aromatic N) is 4. The van der Waals surface area contributed by atoms with E-state index in [1.807, 2.05) is 24.8 Å². The van der Waals surface area contributed by atoms with Gasteiger partial charge in [0.05, 0.1) is 24.7 Å². The van der Waals surface area contributed by atoms with Crippen molar-refractivity contribution < 1.29 is 13.2 Å². The Morgan fingerprint density at radius 1 is 1.35 bits per heavy atom. The van der Waals surface area contributed by atoms with Crippen LogP contribution in [0.5, 0.6) is 0 Å². The lowest BCUT2D eigenvalue weighted by atomic mass is 10.2. The topological polar surface area (TPSA) is 75.6 Å². The molecular weight excluding hydrogens is 316 g/mol. The predicted octanol–water partition coefficient (Wildman–Crippen LogP) is 0.635. The van der Waals surface area contributed by atoms with Crippen LogP contribution < -0.4 is 9.80 Å². The maximum absolute atomic E-state index is 11.8. The minimum atomic E-state index is -2.92. The largest absolute Gasteiger partial charge is 0.378 e. The molecule has 0 saturated carbocycles. The van der Waals surface area contributed by atoms with Crippen LogP contribution in [0.15, 0.2) is 6.07 Å². The zero-order valence-corrected chi connectivity index (χ0v) is 14.5. The molecular formula is C15H24N4O3S. The molecule has 3 heterocycles. The van der Waals surface area contributed by atoms with E-state index in [4.69, 9.17) is 9.72 Å². The van der Waals surface area contributed by atoms with Crippen LogP contribution in [-0.2, 0) is 14.6 Å². The summed E-state index contributed by atoms with van der Waals surface area (Å²) >= 11 is 0. The first kappa shape index (κ1) is 16.4. The quantitative estimate of drug-likeness (QED) is 0.796. The van der Waals surface area contributed by atoms with E-state index in [0.29, 0.717) is 32.1 Å². The highest BCUT2D eigenvalue weighted by Gasteiger charge is 2.33. The Bertz CT molecular complexity index is 659. The Balaban J connectivity index is 1.86. The van der Waals surface area contributed by atoms with E-state index < -0.39 is 9.84 Å². The number of ether oxygens (including phenoxy) is 1. The van der Waals surface area contributed by atoms with Gasteiger partial charge in [0.25, 0.3) is 0 Å². The molecule has 128 valence electrons. The van der Waals surface area contributed by atoms with Crippen LogP contribution in [0.1, 0.15) is 19.0 Å². The van der Waals surface area contributed by atoms with Crippen molar-refractivity contribution in [2.75, 3.05) is 54.2 Å². The minimum absolute atomic E-state index is 0.0238. The third-order valence-corrected chi connectivity index (χ3v) is 6.16. The van der Waals surface area contributed by atoms with Crippen LogP contribution in [-0.4, -0.2) is 68.8 Å². The Hall–Kier alpha value is -1.41. The number of rotatable bonds is 4. The second-order valence-corrected chi connectivity index (χ2v) is 8.34. The van der Waals surface area contributed by atoms with E-state index in [-0.39, 0.29) is 17.5 Å². The lowest BCUT2D eigenvalue weighted by Crippen LogP contribution is -2.39. The molecule has 2 fully saturated rings. The molecule has 3 rings (SSSR count). The first-order valence-corrected chi connectivity index (χ1v) is 9.96. The van der Waals surface area contributed by atoms with Crippen molar-refractivity contribution in [1.29, 1.82) is 0 Å². The summed E-state index contributed by atoms with van der Waals surface area (Å²) in [7, 11) is -2.92. The summed E-state index contributed by atoms with van der Waals surface area (Å²) in [6, 6.07) is 1.96. The van der Waals surface area contributed by atoms with Gasteiger partial charge >= 0.3 is 0 Å². The van der Waals surface area contributed by atoms with Gasteiger partial charge in [-0.25, -0.2) is 13.4 Å². The van der Waals surface area contributed by atoms with E-state index in [9.17, 15) is 8.42 Å². The second-order valence-electron chi connectivity index (χ2n) is 6.11. The highest BCUT2D eigenvalue weighted by molar-refractivity contribution is 7.91. The molecule has 1 unspecified atom stereocenters. The first-order chi connectivity index (χ1) is 11.0. The standard InChI is InChI=1S/C15H24N4O3S/c1-3-19(13-4-9-23(20,21)11-13)15-16-12(2)10-14(17-15)18-5-7-22-8-6-18/h10,13H,3-9,11H2,1-2H3.